The molecule has 0 atom stereocenters. The molecule has 2 fully saturated rings. The molecule has 2 rings (SSSR count). The number of amides is 2. The van der Waals surface area contributed by atoms with Crippen molar-refractivity contribution in [1.29, 1.82) is 0 Å². The van der Waals surface area contributed by atoms with Crippen molar-refractivity contribution in [3.05, 3.63) is 0 Å². The van der Waals surface area contributed by atoms with E-state index in [1.165, 1.54) is 0 Å². The van der Waals surface area contributed by atoms with E-state index < -0.39 is 32.0 Å². The number of alkyl halides is 6. The third-order valence-electron chi connectivity index (χ3n) is 3.08. The van der Waals surface area contributed by atoms with Crippen LogP contribution in [0.2, 0.25) is 0 Å². The summed E-state index contributed by atoms with van der Waals surface area (Å²) in [4.78, 5) is 44.2. The van der Waals surface area contributed by atoms with Gasteiger partial charge in [-0.2, -0.15) is 26.3 Å². The van der Waals surface area contributed by atoms with Crippen molar-refractivity contribution < 1.29 is 64.7 Å². The zero-order chi connectivity index (χ0) is 22.9. The molecule has 0 saturated carbocycles. The van der Waals surface area contributed by atoms with Gasteiger partial charge in [0.1, 0.15) is 0 Å². The molecule has 0 aliphatic carbocycles. The minimum Gasteiger partial charge on any atom is -0.378 e. The molecule has 0 aromatic carbocycles. The van der Waals surface area contributed by atoms with Crippen LogP contribution in [-0.2, 0) is 23.6 Å². The number of hydrogen-bond acceptors (Lipinski definition) is 5. The van der Waals surface area contributed by atoms with Crippen LogP contribution in [0.5, 0.6) is 0 Å². The molecular formula is C12H19F6N2O8P. The van der Waals surface area contributed by atoms with E-state index in [0.717, 1.165) is 9.80 Å². The highest BCUT2D eigenvalue weighted by Gasteiger charge is 2.43. The van der Waals surface area contributed by atoms with Gasteiger partial charge in [-0.1, -0.05) is 0 Å². The average molecular weight is 464 g/mol. The largest absolute Gasteiger partial charge is 0.471 e. The summed E-state index contributed by atoms with van der Waals surface area (Å²) in [7, 11) is -4.64. The topological polar surface area (TPSA) is 137 Å². The van der Waals surface area contributed by atoms with E-state index in [2.05, 4.69) is 0 Å². The molecule has 2 aliphatic rings. The van der Waals surface area contributed by atoms with Gasteiger partial charge >= 0.3 is 32.0 Å². The Morgan fingerprint density at radius 3 is 1.07 bits per heavy atom. The van der Waals surface area contributed by atoms with E-state index in [0.29, 0.717) is 0 Å². The number of ether oxygens (including phenoxy) is 2. The highest BCUT2D eigenvalue weighted by molar-refractivity contribution is 7.45. The van der Waals surface area contributed by atoms with E-state index in [9.17, 15) is 35.9 Å². The predicted octanol–water partition coefficient (Wildman–Crippen LogP) is -0.114. The highest BCUT2D eigenvalue weighted by Crippen LogP contribution is 2.25. The number of carbonyl (C=O) groups is 2. The predicted molar refractivity (Wildman–Crippen MR) is 81.2 cm³/mol. The van der Waals surface area contributed by atoms with Crippen LogP contribution in [0, 0.1) is 0 Å². The first-order valence-corrected chi connectivity index (χ1v) is 9.26. The molecule has 0 aromatic heterocycles. The third-order valence-corrected chi connectivity index (χ3v) is 3.08. The Morgan fingerprint density at radius 2 is 0.897 bits per heavy atom. The second-order valence-electron chi connectivity index (χ2n) is 5.32. The maximum absolute atomic E-state index is 11.8. The Hall–Kier alpha value is -1.45. The van der Waals surface area contributed by atoms with E-state index in [-0.39, 0.29) is 52.6 Å². The number of nitrogens with zero attached hydrogens (tertiary/aromatic N) is 2. The molecule has 0 unspecified atom stereocenters. The molecule has 2 heterocycles. The van der Waals surface area contributed by atoms with Gasteiger partial charge < -0.3 is 34.0 Å². The van der Waals surface area contributed by atoms with Gasteiger partial charge in [0, 0.05) is 26.2 Å². The van der Waals surface area contributed by atoms with Crippen LogP contribution in [0.25, 0.3) is 0 Å². The zero-order valence-electron chi connectivity index (χ0n) is 14.6. The van der Waals surface area contributed by atoms with Gasteiger partial charge in [0.05, 0.1) is 26.4 Å². The second kappa shape index (κ2) is 11.7. The quantitative estimate of drug-likeness (QED) is 0.334. The van der Waals surface area contributed by atoms with Crippen LogP contribution < -0.4 is 0 Å². The summed E-state index contributed by atoms with van der Waals surface area (Å²) >= 11 is 0. The Bertz CT molecular complexity index is 521. The summed E-state index contributed by atoms with van der Waals surface area (Å²) in [6.45, 7) is 0.834. The molecule has 0 spiro atoms. The Morgan fingerprint density at radius 1 is 0.690 bits per heavy atom. The number of carbonyl (C=O) groups excluding carboxylic acids is 2. The molecular weight excluding hydrogens is 445 g/mol. The van der Waals surface area contributed by atoms with Gasteiger partial charge in [0.25, 0.3) is 0 Å². The number of halogens is 6. The zero-order valence-corrected chi connectivity index (χ0v) is 15.5. The summed E-state index contributed by atoms with van der Waals surface area (Å²) in [6.07, 6.45) is -9.51. The van der Waals surface area contributed by atoms with Crippen molar-refractivity contribution in [2.75, 3.05) is 52.6 Å². The summed E-state index contributed by atoms with van der Waals surface area (Å²) in [5.41, 5.74) is 0. The lowest BCUT2D eigenvalue weighted by Gasteiger charge is -2.27. The van der Waals surface area contributed by atoms with Crippen molar-refractivity contribution in [3.63, 3.8) is 0 Å². The Kier molecular flexibility index (Phi) is 11.1. The van der Waals surface area contributed by atoms with Crippen molar-refractivity contribution in [2.45, 2.75) is 12.4 Å². The third kappa shape index (κ3) is 13.4. The number of phosphoric acid groups is 1. The van der Waals surface area contributed by atoms with Gasteiger partial charge in [-0.25, -0.2) is 4.57 Å². The van der Waals surface area contributed by atoms with E-state index >= 15 is 0 Å². The molecule has 172 valence electrons. The monoisotopic (exact) mass is 464 g/mol. The van der Waals surface area contributed by atoms with Gasteiger partial charge in [-0.15, -0.1) is 0 Å². The first-order chi connectivity index (χ1) is 13.0. The first kappa shape index (κ1) is 27.5. The lowest BCUT2D eigenvalue weighted by Crippen LogP contribution is -2.46. The molecule has 0 bridgehead atoms. The van der Waals surface area contributed by atoms with Crippen molar-refractivity contribution in [3.8, 4) is 0 Å². The fraction of sp³-hybridized carbons (Fsp3) is 0.833. The molecule has 0 aromatic rings. The normalized spacial score (nSPS) is 18.1. The summed E-state index contributed by atoms with van der Waals surface area (Å²) < 4.78 is 89.3. The second-order valence-corrected chi connectivity index (χ2v) is 6.34. The number of rotatable bonds is 0. The smallest absolute Gasteiger partial charge is 0.378 e. The lowest BCUT2D eigenvalue weighted by molar-refractivity contribution is -0.188. The molecule has 10 nitrogen and oxygen atoms in total. The number of hydrogen-bond donors (Lipinski definition) is 3. The van der Waals surface area contributed by atoms with Crippen LogP contribution in [0.4, 0.5) is 26.3 Å². The van der Waals surface area contributed by atoms with Crippen LogP contribution in [0.3, 0.4) is 0 Å². The van der Waals surface area contributed by atoms with Crippen molar-refractivity contribution in [1.82, 2.24) is 9.80 Å². The minimum absolute atomic E-state index is 0.0261. The number of morpholine rings is 2. The van der Waals surface area contributed by atoms with Crippen molar-refractivity contribution >= 4 is 19.6 Å². The molecule has 2 saturated heterocycles. The Labute approximate surface area is 160 Å². The van der Waals surface area contributed by atoms with Crippen molar-refractivity contribution in [2.24, 2.45) is 0 Å². The first-order valence-electron chi connectivity index (χ1n) is 7.69. The lowest BCUT2D eigenvalue weighted by atomic mass is 10.4. The van der Waals surface area contributed by atoms with E-state index in [4.69, 9.17) is 28.7 Å². The van der Waals surface area contributed by atoms with Gasteiger partial charge in [-0.3, -0.25) is 9.59 Å². The summed E-state index contributed by atoms with van der Waals surface area (Å²) in [5.74, 6) is -3.54. The van der Waals surface area contributed by atoms with Crippen LogP contribution in [0.15, 0.2) is 0 Å². The SMILES string of the molecule is O=C(N1CCOCC1)C(F)(F)F.O=C(N1CCOCC1)C(F)(F)F.O=P(O)(O)O. The maximum Gasteiger partial charge on any atom is 0.471 e. The molecule has 3 N–H and O–H groups in total. The molecule has 29 heavy (non-hydrogen) atoms. The fourth-order valence-corrected chi connectivity index (χ4v) is 1.89. The molecule has 17 heteroatoms. The van der Waals surface area contributed by atoms with Gasteiger partial charge in [0.2, 0.25) is 0 Å². The van der Waals surface area contributed by atoms with E-state index in [1.54, 1.807) is 0 Å². The fourth-order valence-electron chi connectivity index (χ4n) is 1.89. The van der Waals surface area contributed by atoms with E-state index in [1.807, 2.05) is 0 Å². The van der Waals surface area contributed by atoms with Crippen LogP contribution >= 0.6 is 7.82 Å². The molecule has 2 amide bonds. The molecule has 0 radical (unpaired) electrons. The molecule has 2 aliphatic heterocycles. The standard InChI is InChI=1S/2C6H8F3NO2.H3O4P/c2*7-6(8,9)5(11)10-1-3-12-4-2-10;1-5(2,3)4/h2*1-4H2;(H3,1,2,3,4). The van der Waals surface area contributed by atoms with Crippen LogP contribution in [-0.4, -0.2) is 101 Å². The average Bonchev–Trinajstić information content (AvgIpc) is 2.59. The minimum atomic E-state index is -4.75. The maximum atomic E-state index is 11.8. The van der Waals surface area contributed by atoms with Gasteiger partial charge in [-0.05, 0) is 0 Å². The van der Waals surface area contributed by atoms with Crippen LogP contribution in [0.1, 0.15) is 0 Å². The summed E-state index contributed by atoms with van der Waals surface area (Å²) in [5, 5.41) is 0. The Balaban J connectivity index is 0.000000442. The highest BCUT2D eigenvalue weighted by atomic mass is 31.2. The van der Waals surface area contributed by atoms with Gasteiger partial charge in [0.15, 0.2) is 0 Å². The summed E-state index contributed by atoms with van der Waals surface area (Å²) in [6, 6.07) is 0.